The van der Waals surface area contributed by atoms with Gasteiger partial charge in [0.05, 0.1) is 0 Å². The molecular formula is C17H21N3S. The topological polar surface area (TPSA) is 28.2 Å². The number of hydrogen-bond donors (Lipinski definition) is 1. The Morgan fingerprint density at radius 3 is 2.71 bits per heavy atom. The minimum Gasteiger partial charge on any atom is -0.365 e. The van der Waals surface area contributed by atoms with Gasteiger partial charge in [0.15, 0.2) is 0 Å². The maximum absolute atomic E-state index is 4.62. The van der Waals surface area contributed by atoms with Crippen molar-refractivity contribution in [2.75, 3.05) is 18.4 Å². The van der Waals surface area contributed by atoms with Crippen molar-refractivity contribution in [2.45, 2.75) is 31.8 Å². The van der Waals surface area contributed by atoms with Crippen molar-refractivity contribution in [3.05, 3.63) is 35.8 Å². The smallest absolute Gasteiger partial charge is 0.126 e. The minimum absolute atomic E-state index is 0.549. The van der Waals surface area contributed by atoms with Crippen LogP contribution in [0.3, 0.4) is 0 Å². The average Bonchev–Trinajstić information content (AvgIpc) is 3.06. The van der Waals surface area contributed by atoms with Gasteiger partial charge in [0, 0.05) is 28.7 Å². The third kappa shape index (κ3) is 2.47. The Bertz CT molecular complexity index is 583. The molecule has 1 N–H and O–H groups in total. The Labute approximate surface area is 130 Å². The number of piperidine rings is 3. The predicted octanol–water partition coefficient (Wildman–Crippen LogP) is 3.70. The lowest BCUT2D eigenvalue weighted by Crippen LogP contribution is -2.59. The highest BCUT2D eigenvalue weighted by molar-refractivity contribution is 7.13. The van der Waals surface area contributed by atoms with Gasteiger partial charge in [0.25, 0.3) is 0 Å². The SMILES string of the molecule is CC1C(Nc2ccc(-c3cccs3)cn2)C2CCN1CC2. The third-order valence-electron chi connectivity index (χ3n) is 5.06. The molecule has 21 heavy (non-hydrogen) atoms. The molecule has 3 fully saturated rings. The van der Waals surface area contributed by atoms with Gasteiger partial charge in [-0.3, -0.25) is 4.90 Å². The molecule has 3 saturated heterocycles. The molecule has 5 rings (SSSR count). The van der Waals surface area contributed by atoms with Gasteiger partial charge in [-0.05, 0) is 62.4 Å². The van der Waals surface area contributed by atoms with Crippen LogP contribution >= 0.6 is 11.3 Å². The number of pyridine rings is 1. The first-order valence-corrected chi connectivity index (χ1v) is 8.70. The highest BCUT2D eigenvalue weighted by atomic mass is 32.1. The molecule has 3 aliphatic rings. The van der Waals surface area contributed by atoms with Crippen molar-refractivity contribution in [1.29, 1.82) is 0 Å². The molecule has 0 amide bonds. The maximum atomic E-state index is 4.62. The maximum Gasteiger partial charge on any atom is 0.126 e. The number of anilines is 1. The normalized spacial score (nSPS) is 31.3. The van der Waals surface area contributed by atoms with Crippen molar-refractivity contribution in [3.63, 3.8) is 0 Å². The average molecular weight is 299 g/mol. The van der Waals surface area contributed by atoms with E-state index in [4.69, 9.17) is 0 Å². The highest BCUT2D eigenvalue weighted by Crippen LogP contribution is 2.34. The zero-order valence-corrected chi connectivity index (χ0v) is 13.1. The summed E-state index contributed by atoms with van der Waals surface area (Å²) in [5.41, 5.74) is 1.21. The Kier molecular flexibility index (Phi) is 3.43. The van der Waals surface area contributed by atoms with E-state index in [1.54, 1.807) is 11.3 Å². The summed E-state index contributed by atoms with van der Waals surface area (Å²) in [5, 5.41) is 5.79. The molecule has 3 nitrogen and oxygen atoms in total. The number of fused-ring (bicyclic) bond motifs is 3. The Balaban J connectivity index is 1.50. The Hall–Kier alpha value is -1.39. The largest absolute Gasteiger partial charge is 0.365 e. The second-order valence-corrected chi connectivity index (χ2v) is 7.14. The molecule has 2 aromatic rings. The summed E-state index contributed by atoms with van der Waals surface area (Å²) < 4.78 is 0. The molecule has 2 atom stereocenters. The standard InChI is InChI=1S/C17H21N3S/c1-12-17(13-6-8-20(12)9-7-13)19-16-5-4-14(11-18-16)15-3-2-10-21-15/h2-5,10-13,17H,6-9H2,1H3,(H,18,19). The second kappa shape index (κ2) is 5.43. The molecule has 0 spiro atoms. The monoisotopic (exact) mass is 299 g/mol. The lowest BCUT2D eigenvalue weighted by Gasteiger charge is -2.50. The Morgan fingerprint density at radius 2 is 2.10 bits per heavy atom. The number of nitrogens with one attached hydrogen (secondary N) is 1. The van der Waals surface area contributed by atoms with Crippen LogP contribution in [0.2, 0.25) is 0 Å². The lowest BCUT2D eigenvalue weighted by molar-refractivity contribution is 0.0457. The van der Waals surface area contributed by atoms with Gasteiger partial charge in [0.1, 0.15) is 5.82 Å². The first-order chi connectivity index (χ1) is 10.3. The summed E-state index contributed by atoms with van der Waals surface area (Å²) in [6, 6.07) is 9.70. The molecule has 2 aromatic heterocycles. The van der Waals surface area contributed by atoms with E-state index in [1.165, 1.54) is 36.4 Å². The third-order valence-corrected chi connectivity index (χ3v) is 5.98. The van der Waals surface area contributed by atoms with E-state index >= 15 is 0 Å². The quantitative estimate of drug-likeness (QED) is 0.936. The van der Waals surface area contributed by atoms with Crippen molar-refractivity contribution < 1.29 is 0 Å². The fraction of sp³-hybridized carbons (Fsp3) is 0.471. The van der Waals surface area contributed by atoms with E-state index in [2.05, 4.69) is 51.8 Å². The van der Waals surface area contributed by atoms with E-state index in [-0.39, 0.29) is 0 Å². The summed E-state index contributed by atoms with van der Waals surface area (Å²) in [7, 11) is 0. The van der Waals surface area contributed by atoms with Gasteiger partial charge < -0.3 is 5.32 Å². The zero-order valence-electron chi connectivity index (χ0n) is 12.3. The number of nitrogens with zero attached hydrogens (tertiary/aromatic N) is 2. The number of rotatable bonds is 3. The van der Waals surface area contributed by atoms with Gasteiger partial charge in [-0.25, -0.2) is 4.98 Å². The molecule has 0 aliphatic carbocycles. The first kappa shape index (κ1) is 13.3. The fourth-order valence-electron chi connectivity index (χ4n) is 3.78. The van der Waals surface area contributed by atoms with E-state index in [0.717, 1.165) is 11.7 Å². The van der Waals surface area contributed by atoms with Crippen LogP contribution in [-0.4, -0.2) is 35.1 Å². The molecule has 110 valence electrons. The minimum atomic E-state index is 0.549. The summed E-state index contributed by atoms with van der Waals surface area (Å²) in [6.45, 7) is 4.90. The van der Waals surface area contributed by atoms with Gasteiger partial charge in [-0.15, -0.1) is 11.3 Å². The molecular weight excluding hydrogens is 278 g/mol. The Morgan fingerprint density at radius 1 is 1.24 bits per heavy atom. The number of hydrogen-bond acceptors (Lipinski definition) is 4. The molecule has 0 aromatic carbocycles. The van der Waals surface area contributed by atoms with Crippen LogP contribution in [0, 0.1) is 5.92 Å². The van der Waals surface area contributed by atoms with Gasteiger partial charge in [-0.2, -0.15) is 0 Å². The van der Waals surface area contributed by atoms with Crippen LogP contribution in [0.25, 0.3) is 10.4 Å². The van der Waals surface area contributed by atoms with Crippen LogP contribution in [0.15, 0.2) is 35.8 Å². The van der Waals surface area contributed by atoms with Crippen molar-refractivity contribution in [1.82, 2.24) is 9.88 Å². The van der Waals surface area contributed by atoms with E-state index in [0.29, 0.717) is 12.1 Å². The molecule has 2 bridgehead atoms. The van der Waals surface area contributed by atoms with Crippen LogP contribution in [0.1, 0.15) is 19.8 Å². The van der Waals surface area contributed by atoms with E-state index < -0.39 is 0 Å². The number of thiophene rings is 1. The van der Waals surface area contributed by atoms with Crippen molar-refractivity contribution >= 4 is 17.2 Å². The number of aromatic nitrogens is 1. The van der Waals surface area contributed by atoms with Crippen LogP contribution in [-0.2, 0) is 0 Å². The first-order valence-electron chi connectivity index (χ1n) is 7.82. The molecule has 5 heterocycles. The predicted molar refractivity (Wildman–Crippen MR) is 88.7 cm³/mol. The van der Waals surface area contributed by atoms with Crippen LogP contribution in [0.5, 0.6) is 0 Å². The molecule has 4 heteroatoms. The van der Waals surface area contributed by atoms with Gasteiger partial charge >= 0.3 is 0 Å². The van der Waals surface area contributed by atoms with E-state index in [1.807, 2.05) is 6.20 Å². The van der Waals surface area contributed by atoms with Gasteiger partial charge in [-0.1, -0.05) is 6.07 Å². The summed E-state index contributed by atoms with van der Waals surface area (Å²) in [5.74, 6) is 1.82. The second-order valence-electron chi connectivity index (χ2n) is 6.19. The van der Waals surface area contributed by atoms with Crippen molar-refractivity contribution in [3.8, 4) is 10.4 Å². The van der Waals surface area contributed by atoms with Crippen molar-refractivity contribution in [2.24, 2.45) is 5.92 Å². The fourth-order valence-corrected chi connectivity index (χ4v) is 4.50. The van der Waals surface area contributed by atoms with E-state index in [9.17, 15) is 0 Å². The molecule has 0 saturated carbocycles. The zero-order chi connectivity index (χ0) is 14.2. The van der Waals surface area contributed by atoms with Crippen LogP contribution in [0.4, 0.5) is 5.82 Å². The molecule has 0 radical (unpaired) electrons. The highest BCUT2D eigenvalue weighted by Gasteiger charge is 2.39. The molecule has 2 unspecified atom stereocenters. The lowest BCUT2D eigenvalue weighted by atomic mass is 9.79. The summed E-state index contributed by atoms with van der Waals surface area (Å²) >= 11 is 1.76. The molecule has 3 aliphatic heterocycles. The van der Waals surface area contributed by atoms with Gasteiger partial charge in [0.2, 0.25) is 0 Å². The van der Waals surface area contributed by atoms with Crippen LogP contribution < -0.4 is 5.32 Å². The summed E-state index contributed by atoms with van der Waals surface area (Å²) in [4.78, 5) is 8.52. The summed E-state index contributed by atoms with van der Waals surface area (Å²) in [6.07, 6.45) is 4.64.